The summed E-state index contributed by atoms with van der Waals surface area (Å²) in [5, 5.41) is 32.1. The number of cyclic esters (lactones) is 1. The first-order valence-electron chi connectivity index (χ1n) is 30.2. The van der Waals surface area contributed by atoms with Gasteiger partial charge in [0.1, 0.15) is 35.8 Å². The SMILES string of the molecule is CCOC(C)(C)CCn1cc(COCCO[C@@H]2CC[C@@H](C[C@@H](C)[C@@H]3CC(=O)[C@H](C)/C=C(\C)[C@@H](O)[C@@H](OC)C(=O)[C@H](C)C[C@H](C)/C=C/C=C/C=C(\C)[C@@H](OC)C[C@@H]4CC[C@@H](C)[C@](O)(O4)C(=O)C(=O)N4CCCCC4C(=O)O3)C[C@H]2OC)nn1. The lowest BCUT2D eigenvalue weighted by Gasteiger charge is -2.42. The number of esters is 1. The molecule has 82 heavy (non-hydrogen) atoms. The Bertz CT molecular complexity index is 2350. The number of carbonyl (C=O) groups is 5. The number of nitrogens with zero attached hydrogens (tertiary/aromatic N) is 4. The number of ketones is 3. The average molecular weight is 1150 g/mol. The molecular formula is C63H100N4O15. The average Bonchev–Trinajstić information content (AvgIpc) is 4.03. The second kappa shape index (κ2) is 32.8. The normalized spacial score (nSPS) is 34.7. The van der Waals surface area contributed by atoms with Crippen molar-refractivity contribution < 1.29 is 72.1 Å². The molecular weight excluding hydrogens is 1050 g/mol. The third kappa shape index (κ3) is 19.6. The number of aliphatic hydroxyl groups is 2. The summed E-state index contributed by atoms with van der Waals surface area (Å²) in [6.45, 7) is 21.2. The minimum absolute atomic E-state index is 0.00783. The molecule has 19 nitrogen and oxygen atoms in total. The summed E-state index contributed by atoms with van der Waals surface area (Å²) >= 11 is 0. The first-order chi connectivity index (χ1) is 38.9. The summed E-state index contributed by atoms with van der Waals surface area (Å²) < 4.78 is 49.9. The second-order valence-electron chi connectivity index (χ2n) is 24.4. The number of Topliss-reactive ketones (excluding diaryl/α,β-unsaturated/α-hetero) is 3. The highest BCUT2D eigenvalue weighted by Gasteiger charge is 2.53. The van der Waals surface area contributed by atoms with Crippen LogP contribution in [0.1, 0.15) is 158 Å². The minimum Gasteiger partial charge on any atom is -0.460 e. The van der Waals surface area contributed by atoms with Crippen molar-refractivity contribution in [2.45, 2.75) is 226 Å². The van der Waals surface area contributed by atoms with Crippen LogP contribution < -0.4 is 0 Å². The van der Waals surface area contributed by atoms with Crippen molar-refractivity contribution in [2.75, 3.05) is 47.7 Å². The number of aliphatic hydroxyl groups excluding tert-OH is 1. The molecule has 1 aliphatic carbocycles. The number of methoxy groups -OCH3 is 3. The molecule has 0 aromatic carbocycles. The quantitative estimate of drug-likeness (QED) is 0.0647. The number of hydrogen-bond acceptors (Lipinski definition) is 17. The zero-order valence-corrected chi connectivity index (χ0v) is 51.5. The Morgan fingerprint density at radius 2 is 1.63 bits per heavy atom. The molecule has 2 saturated heterocycles. The van der Waals surface area contributed by atoms with Crippen LogP contribution >= 0.6 is 0 Å². The lowest BCUT2D eigenvalue weighted by Crippen LogP contribution is -2.61. The minimum atomic E-state index is -2.45. The van der Waals surface area contributed by atoms with Gasteiger partial charge in [0, 0.05) is 71.6 Å². The lowest BCUT2D eigenvalue weighted by atomic mass is 9.78. The van der Waals surface area contributed by atoms with Gasteiger partial charge in [-0.2, -0.15) is 0 Å². The molecule has 1 aromatic heterocycles. The molecule has 5 rings (SSSR count). The van der Waals surface area contributed by atoms with Crippen LogP contribution in [0.5, 0.6) is 0 Å². The van der Waals surface area contributed by atoms with Crippen LogP contribution in [0.15, 0.2) is 53.8 Å². The van der Waals surface area contributed by atoms with Gasteiger partial charge in [-0.1, -0.05) is 76.3 Å². The molecule has 3 aliphatic heterocycles. The number of ether oxygens (including phenoxy) is 8. The van der Waals surface area contributed by atoms with Gasteiger partial charge in [-0.3, -0.25) is 23.9 Å². The molecule has 2 bridgehead atoms. The Morgan fingerprint density at radius 3 is 2.34 bits per heavy atom. The summed E-state index contributed by atoms with van der Waals surface area (Å²) in [7, 11) is 4.63. The number of hydrogen-bond donors (Lipinski definition) is 2. The highest BCUT2D eigenvalue weighted by atomic mass is 16.6. The van der Waals surface area contributed by atoms with Crippen LogP contribution in [-0.4, -0.2) is 167 Å². The van der Waals surface area contributed by atoms with E-state index in [0.29, 0.717) is 96.3 Å². The van der Waals surface area contributed by atoms with Crippen molar-refractivity contribution in [3.8, 4) is 0 Å². The molecule has 0 radical (unpaired) electrons. The fourth-order valence-electron chi connectivity index (χ4n) is 12.1. The molecule has 462 valence electrons. The Labute approximate surface area is 488 Å². The van der Waals surface area contributed by atoms with Crippen molar-refractivity contribution in [1.29, 1.82) is 0 Å². The zero-order valence-electron chi connectivity index (χ0n) is 51.5. The van der Waals surface area contributed by atoms with Crippen LogP contribution in [-0.2, 0) is 75.0 Å². The van der Waals surface area contributed by atoms with Gasteiger partial charge in [0.05, 0.1) is 56.0 Å². The van der Waals surface area contributed by atoms with Gasteiger partial charge in [-0.15, -0.1) is 5.10 Å². The van der Waals surface area contributed by atoms with E-state index < -0.39 is 77.8 Å². The maximum atomic E-state index is 14.7. The third-order valence-corrected chi connectivity index (χ3v) is 17.3. The van der Waals surface area contributed by atoms with Crippen molar-refractivity contribution in [3.63, 3.8) is 0 Å². The molecule has 4 heterocycles. The van der Waals surface area contributed by atoms with Gasteiger partial charge in [0.2, 0.25) is 5.79 Å². The van der Waals surface area contributed by atoms with Crippen molar-refractivity contribution in [3.05, 3.63) is 59.5 Å². The van der Waals surface area contributed by atoms with Crippen LogP contribution in [0.4, 0.5) is 0 Å². The number of aryl methyl sites for hydroxylation is 1. The van der Waals surface area contributed by atoms with Gasteiger partial charge in [-0.05, 0) is 134 Å². The number of amides is 1. The summed E-state index contributed by atoms with van der Waals surface area (Å²) in [5.74, 6) is -8.06. The van der Waals surface area contributed by atoms with E-state index in [2.05, 4.69) is 24.2 Å². The van der Waals surface area contributed by atoms with Crippen molar-refractivity contribution >= 4 is 29.2 Å². The van der Waals surface area contributed by atoms with Gasteiger partial charge in [0.15, 0.2) is 5.78 Å². The largest absolute Gasteiger partial charge is 0.460 e. The first kappa shape index (κ1) is 68.5. The topological polar surface area (TPSA) is 234 Å². The molecule has 0 spiro atoms. The van der Waals surface area contributed by atoms with Crippen molar-refractivity contribution in [2.24, 2.45) is 35.5 Å². The Kier molecular flexibility index (Phi) is 27.4. The first-order valence-corrected chi connectivity index (χ1v) is 30.2. The number of carbonyl (C=O) groups excluding carboxylic acids is 5. The lowest BCUT2D eigenvalue weighted by molar-refractivity contribution is -0.265. The van der Waals surface area contributed by atoms with Gasteiger partial charge in [-0.25, -0.2) is 4.79 Å². The molecule has 2 N–H and O–H groups in total. The molecule has 4 aliphatic rings. The monoisotopic (exact) mass is 1150 g/mol. The molecule has 15 atom stereocenters. The maximum Gasteiger partial charge on any atom is 0.329 e. The smallest absolute Gasteiger partial charge is 0.329 e. The number of allylic oxidation sites excluding steroid dienone is 6. The second-order valence-corrected chi connectivity index (χ2v) is 24.4. The van der Waals surface area contributed by atoms with E-state index in [-0.39, 0.29) is 66.5 Å². The van der Waals surface area contributed by atoms with Crippen LogP contribution in [0.2, 0.25) is 0 Å². The number of fused-ring (bicyclic) bond motifs is 3. The zero-order chi connectivity index (χ0) is 60.3. The Morgan fingerprint density at radius 1 is 0.878 bits per heavy atom. The van der Waals surface area contributed by atoms with E-state index in [1.807, 2.05) is 71.2 Å². The third-order valence-electron chi connectivity index (χ3n) is 17.3. The fourth-order valence-corrected chi connectivity index (χ4v) is 12.1. The fraction of sp³-hybridized carbons (Fsp3) is 0.762. The number of aromatic nitrogens is 3. The van der Waals surface area contributed by atoms with E-state index in [1.54, 1.807) is 45.7 Å². The highest BCUT2D eigenvalue weighted by Crippen LogP contribution is 2.38. The summed E-state index contributed by atoms with van der Waals surface area (Å²) in [6, 6.07) is -1.16. The van der Waals surface area contributed by atoms with Crippen LogP contribution in [0.25, 0.3) is 0 Å². The maximum absolute atomic E-state index is 14.7. The summed E-state index contributed by atoms with van der Waals surface area (Å²) in [5.41, 5.74) is 1.73. The van der Waals surface area contributed by atoms with Gasteiger partial charge in [0.25, 0.3) is 11.7 Å². The van der Waals surface area contributed by atoms with Gasteiger partial charge < -0.3 is 53.0 Å². The van der Waals surface area contributed by atoms with E-state index in [0.717, 1.165) is 24.1 Å². The predicted molar refractivity (Wildman–Crippen MR) is 309 cm³/mol. The van der Waals surface area contributed by atoms with E-state index in [1.165, 1.54) is 12.0 Å². The van der Waals surface area contributed by atoms with Crippen LogP contribution in [0, 0.1) is 35.5 Å². The molecule has 1 unspecified atom stereocenters. The Balaban J connectivity index is 1.34. The van der Waals surface area contributed by atoms with E-state index in [9.17, 15) is 34.2 Å². The molecule has 19 heteroatoms. The summed E-state index contributed by atoms with van der Waals surface area (Å²) in [6.07, 6.45) is 14.6. The van der Waals surface area contributed by atoms with Crippen molar-refractivity contribution in [1.82, 2.24) is 19.9 Å². The highest BCUT2D eigenvalue weighted by molar-refractivity contribution is 6.39. The standard InChI is InChI=1S/C63H100N4O15/c1-14-80-62(9,10)27-29-66-38-48(64-65-66)39-78-30-31-79-52-26-24-47(35-55(52)76-12)34-43(5)54-37-51(68)42(4)33-45(7)57(70)58(77-13)56(69)44(6)32-40(2)20-16-15-17-21-41(3)53(75-11)36-49-25-23-46(8)63(74,82-49)59(71)60(72)67-28-19-18-22-50(67)61(73)81-54/h15-17,20-21,33,38,40,42-44,46-47,49-50,52-55,57-58,70,74H,14,18-19,22-32,34-37,39H2,1-13H3/b17-15+,20-16+,41-21+,45-33+/t40-,42-,43-,44-,46-,47+,49+,50?,52-,53+,54+,55-,57-,58+,63+/m1/s1. The Hall–Kier alpha value is -4.31. The van der Waals surface area contributed by atoms with E-state index in [4.69, 9.17) is 37.9 Å². The molecule has 3 fully saturated rings. The van der Waals surface area contributed by atoms with Gasteiger partial charge >= 0.3 is 5.97 Å². The molecule has 1 aromatic rings. The summed E-state index contributed by atoms with van der Waals surface area (Å²) in [4.78, 5) is 73.0. The molecule has 1 amide bonds. The number of piperidine rings is 1. The number of rotatable bonds is 17. The van der Waals surface area contributed by atoms with Crippen LogP contribution in [0.3, 0.4) is 0 Å². The molecule has 1 saturated carbocycles. The predicted octanol–water partition coefficient (Wildman–Crippen LogP) is 8.22. The van der Waals surface area contributed by atoms with E-state index >= 15 is 0 Å².